The van der Waals surface area contributed by atoms with E-state index in [2.05, 4.69) is 16.0 Å². The van der Waals surface area contributed by atoms with E-state index in [1.807, 2.05) is 0 Å². The molecular formula is C10H13NO5. The molecule has 2 N–H and O–H groups in total. The summed E-state index contributed by atoms with van der Waals surface area (Å²) >= 11 is 0. The summed E-state index contributed by atoms with van der Waals surface area (Å²) in [4.78, 5) is 32.6. The number of nitrogens with one attached hydrogen (secondary N) is 1. The third-order valence-electron chi connectivity index (χ3n) is 1.76. The Balaban J connectivity index is 4.19. The third kappa shape index (κ3) is 5.65. The number of terminal acetylenes is 1. The highest BCUT2D eigenvalue weighted by Gasteiger charge is 2.20. The van der Waals surface area contributed by atoms with Gasteiger partial charge >= 0.3 is 11.9 Å². The summed E-state index contributed by atoms with van der Waals surface area (Å²) in [5, 5.41) is 11.0. The highest BCUT2D eigenvalue weighted by Crippen LogP contribution is 2.00. The molecule has 0 aliphatic carbocycles. The maximum atomic E-state index is 11.0. The number of amides is 1. The minimum atomic E-state index is -1.21. The lowest BCUT2D eigenvalue weighted by molar-refractivity contribution is -0.144. The number of carboxylic acids is 1. The van der Waals surface area contributed by atoms with Gasteiger partial charge in [0, 0.05) is 6.42 Å². The molecule has 1 unspecified atom stereocenters. The van der Waals surface area contributed by atoms with Gasteiger partial charge < -0.3 is 15.2 Å². The molecule has 1 amide bonds. The lowest BCUT2D eigenvalue weighted by atomic mass is 10.1. The van der Waals surface area contributed by atoms with E-state index in [4.69, 9.17) is 11.5 Å². The van der Waals surface area contributed by atoms with Crippen LogP contribution in [0.25, 0.3) is 0 Å². The van der Waals surface area contributed by atoms with Gasteiger partial charge in [-0.05, 0) is 6.42 Å². The zero-order chi connectivity index (χ0) is 12.6. The molecule has 1 atom stereocenters. The van der Waals surface area contributed by atoms with Crippen LogP contribution in [0.1, 0.15) is 19.3 Å². The minimum Gasteiger partial charge on any atom is -0.480 e. The molecule has 0 spiro atoms. The Morgan fingerprint density at radius 1 is 1.50 bits per heavy atom. The molecular weight excluding hydrogens is 214 g/mol. The number of hydrogen-bond donors (Lipinski definition) is 2. The van der Waals surface area contributed by atoms with Crippen molar-refractivity contribution in [2.75, 3.05) is 7.11 Å². The Morgan fingerprint density at radius 2 is 2.12 bits per heavy atom. The van der Waals surface area contributed by atoms with Crippen LogP contribution in [0.3, 0.4) is 0 Å². The topological polar surface area (TPSA) is 92.7 Å². The molecule has 88 valence electrons. The van der Waals surface area contributed by atoms with Gasteiger partial charge in [0.2, 0.25) is 5.91 Å². The van der Waals surface area contributed by atoms with Gasteiger partial charge in [0.05, 0.1) is 13.5 Å². The van der Waals surface area contributed by atoms with Gasteiger partial charge in [0.15, 0.2) is 0 Å². The van der Waals surface area contributed by atoms with Crippen molar-refractivity contribution in [3.63, 3.8) is 0 Å². The number of ether oxygens (including phenoxy) is 1. The molecule has 0 aromatic rings. The zero-order valence-corrected chi connectivity index (χ0v) is 8.86. The summed E-state index contributed by atoms with van der Waals surface area (Å²) in [5.74, 6) is -0.208. The van der Waals surface area contributed by atoms with Gasteiger partial charge in [-0.25, -0.2) is 4.79 Å². The number of carboxylic acid groups (broad SMARTS) is 1. The van der Waals surface area contributed by atoms with Crippen LogP contribution in [0.15, 0.2) is 0 Å². The fraction of sp³-hybridized carbons (Fsp3) is 0.500. The SMILES string of the molecule is C#CCC(=O)NC(CCC(=O)OC)C(=O)O. The maximum absolute atomic E-state index is 11.0. The first-order valence-corrected chi connectivity index (χ1v) is 4.53. The maximum Gasteiger partial charge on any atom is 0.326 e. The third-order valence-corrected chi connectivity index (χ3v) is 1.76. The van der Waals surface area contributed by atoms with Crippen molar-refractivity contribution in [3.8, 4) is 12.3 Å². The molecule has 0 aliphatic heterocycles. The summed E-state index contributed by atoms with van der Waals surface area (Å²) in [6.45, 7) is 0. The molecule has 0 heterocycles. The van der Waals surface area contributed by atoms with Gasteiger partial charge in [-0.1, -0.05) is 5.92 Å². The summed E-state index contributed by atoms with van der Waals surface area (Å²) in [5.41, 5.74) is 0. The lowest BCUT2D eigenvalue weighted by Crippen LogP contribution is -2.40. The van der Waals surface area contributed by atoms with Crippen molar-refractivity contribution in [1.29, 1.82) is 0 Å². The second-order valence-electron chi connectivity index (χ2n) is 2.95. The van der Waals surface area contributed by atoms with Crippen LogP contribution >= 0.6 is 0 Å². The molecule has 16 heavy (non-hydrogen) atoms. The van der Waals surface area contributed by atoms with Crippen molar-refractivity contribution in [3.05, 3.63) is 0 Å². The van der Waals surface area contributed by atoms with Gasteiger partial charge in [0.1, 0.15) is 6.04 Å². The summed E-state index contributed by atoms with van der Waals surface area (Å²) in [7, 11) is 1.20. The normalized spacial score (nSPS) is 11.0. The average Bonchev–Trinajstić information content (AvgIpc) is 2.23. The number of aliphatic carboxylic acids is 1. The largest absolute Gasteiger partial charge is 0.480 e. The number of carbonyl (C=O) groups excluding carboxylic acids is 2. The van der Waals surface area contributed by atoms with E-state index in [1.54, 1.807) is 0 Å². The first kappa shape index (κ1) is 14.0. The highest BCUT2D eigenvalue weighted by molar-refractivity contribution is 5.85. The Bertz CT molecular complexity index is 318. The second kappa shape index (κ2) is 7.29. The van der Waals surface area contributed by atoms with Crippen LogP contribution in [0, 0.1) is 12.3 Å². The monoisotopic (exact) mass is 227 g/mol. The number of rotatable bonds is 6. The quantitative estimate of drug-likeness (QED) is 0.473. The van der Waals surface area contributed by atoms with E-state index in [0.29, 0.717) is 0 Å². The smallest absolute Gasteiger partial charge is 0.326 e. The average molecular weight is 227 g/mol. The molecule has 0 saturated carbocycles. The summed E-state index contributed by atoms with van der Waals surface area (Å²) in [6.07, 6.45) is 4.59. The number of carbonyl (C=O) groups is 3. The van der Waals surface area contributed by atoms with Crippen LogP contribution in [0.5, 0.6) is 0 Å². The second-order valence-corrected chi connectivity index (χ2v) is 2.95. The standard InChI is InChI=1S/C10H13NO5/c1-3-4-8(12)11-7(10(14)15)5-6-9(13)16-2/h1,7H,4-6H2,2H3,(H,11,12)(H,14,15). The number of hydrogen-bond acceptors (Lipinski definition) is 4. The van der Waals surface area contributed by atoms with E-state index in [1.165, 1.54) is 7.11 Å². The number of methoxy groups -OCH3 is 1. The van der Waals surface area contributed by atoms with Gasteiger partial charge in [-0.15, -0.1) is 6.42 Å². The predicted molar refractivity (Wildman–Crippen MR) is 54.3 cm³/mol. The predicted octanol–water partition coefficient (Wildman–Crippen LogP) is -0.468. The van der Waals surface area contributed by atoms with E-state index in [-0.39, 0.29) is 19.3 Å². The molecule has 0 fully saturated rings. The molecule has 0 aromatic carbocycles. The van der Waals surface area contributed by atoms with E-state index in [0.717, 1.165) is 0 Å². The number of esters is 1. The minimum absolute atomic E-state index is 0.0294. The summed E-state index contributed by atoms with van der Waals surface area (Å²) < 4.78 is 4.36. The van der Waals surface area contributed by atoms with Crippen molar-refractivity contribution < 1.29 is 24.2 Å². The van der Waals surface area contributed by atoms with Crippen LogP contribution in [0.2, 0.25) is 0 Å². The fourth-order valence-electron chi connectivity index (χ4n) is 0.960. The molecule has 0 aromatic heterocycles. The molecule has 0 aliphatic rings. The van der Waals surface area contributed by atoms with Crippen molar-refractivity contribution >= 4 is 17.8 Å². The first-order valence-electron chi connectivity index (χ1n) is 4.53. The summed E-state index contributed by atoms with van der Waals surface area (Å²) in [6, 6.07) is -1.13. The van der Waals surface area contributed by atoms with Crippen LogP contribution in [0.4, 0.5) is 0 Å². The molecule has 6 heteroatoms. The van der Waals surface area contributed by atoms with Gasteiger partial charge in [-0.2, -0.15) is 0 Å². The van der Waals surface area contributed by atoms with Crippen LogP contribution in [-0.2, 0) is 19.1 Å². The Hall–Kier alpha value is -2.03. The Kier molecular flexibility index (Phi) is 6.36. The molecule has 0 saturated heterocycles. The van der Waals surface area contributed by atoms with Crippen LogP contribution in [-0.4, -0.2) is 36.1 Å². The van der Waals surface area contributed by atoms with Crippen molar-refractivity contribution in [1.82, 2.24) is 5.32 Å². The molecule has 0 rings (SSSR count). The molecule has 0 radical (unpaired) electrons. The zero-order valence-electron chi connectivity index (χ0n) is 8.86. The Morgan fingerprint density at radius 3 is 2.56 bits per heavy atom. The van der Waals surface area contributed by atoms with Crippen LogP contribution < -0.4 is 5.32 Å². The molecule has 6 nitrogen and oxygen atoms in total. The Labute approximate surface area is 93.0 Å². The van der Waals surface area contributed by atoms with E-state index in [9.17, 15) is 14.4 Å². The first-order chi connectivity index (χ1) is 7.51. The lowest BCUT2D eigenvalue weighted by Gasteiger charge is -2.12. The van der Waals surface area contributed by atoms with Gasteiger partial charge in [-0.3, -0.25) is 9.59 Å². The molecule has 0 bridgehead atoms. The van der Waals surface area contributed by atoms with E-state index >= 15 is 0 Å². The van der Waals surface area contributed by atoms with Crippen molar-refractivity contribution in [2.45, 2.75) is 25.3 Å². The highest BCUT2D eigenvalue weighted by atomic mass is 16.5. The van der Waals surface area contributed by atoms with Crippen molar-refractivity contribution in [2.24, 2.45) is 0 Å². The van der Waals surface area contributed by atoms with E-state index < -0.39 is 23.9 Å². The van der Waals surface area contributed by atoms with Gasteiger partial charge in [0.25, 0.3) is 0 Å². The fourth-order valence-corrected chi connectivity index (χ4v) is 0.960.